The van der Waals surface area contributed by atoms with Crippen LogP contribution in [0.2, 0.25) is 39.3 Å². The van der Waals surface area contributed by atoms with Gasteiger partial charge >= 0.3 is 0 Å². The highest BCUT2D eigenvalue weighted by molar-refractivity contribution is 6.70. The van der Waals surface area contributed by atoms with Crippen LogP contribution >= 0.6 is 0 Å². The lowest BCUT2D eigenvalue weighted by molar-refractivity contribution is 0.0406. The Morgan fingerprint density at radius 1 is 0.583 bits per heavy atom. The van der Waals surface area contributed by atoms with Crippen LogP contribution in [0.3, 0.4) is 0 Å². The van der Waals surface area contributed by atoms with Crippen LogP contribution in [-0.2, 0) is 8.85 Å². The van der Waals surface area contributed by atoms with Gasteiger partial charge in [-0.25, -0.2) is 0 Å². The zero-order valence-corrected chi connectivity index (χ0v) is 17.6. The van der Waals surface area contributed by atoms with Crippen molar-refractivity contribution in [3.8, 4) is 11.1 Å². The summed E-state index contributed by atoms with van der Waals surface area (Å²) >= 11 is 0. The number of fused-ring (bicyclic) bond motifs is 3. The summed E-state index contributed by atoms with van der Waals surface area (Å²) < 4.78 is 13.3. The van der Waals surface area contributed by atoms with Gasteiger partial charge in [0.2, 0.25) is 0 Å². The number of hydrogen-bond donors (Lipinski definition) is 0. The van der Waals surface area contributed by atoms with Gasteiger partial charge in [0.05, 0.1) is 0 Å². The largest absolute Gasteiger partial charge is 0.408 e. The molecule has 128 valence electrons. The fourth-order valence-electron chi connectivity index (χ4n) is 3.32. The number of benzene rings is 2. The predicted molar refractivity (Wildman–Crippen MR) is 106 cm³/mol. The van der Waals surface area contributed by atoms with Crippen LogP contribution in [0.4, 0.5) is 0 Å². The topological polar surface area (TPSA) is 18.5 Å². The lowest BCUT2D eigenvalue weighted by atomic mass is 9.82. The molecule has 4 heteroatoms. The minimum atomic E-state index is -1.72. The fraction of sp³-hybridized carbons (Fsp3) is 0.400. The molecule has 3 rings (SSSR count). The second-order valence-corrected chi connectivity index (χ2v) is 17.4. The van der Waals surface area contributed by atoms with E-state index in [1.165, 1.54) is 22.3 Å². The minimum absolute atomic E-state index is 0.0190. The highest BCUT2D eigenvalue weighted by Crippen LogP contribution is 2.49. The van der Waals surface area contributed by atoms with E-state index in [1.54, 1.807) is 0 Å². The maximum atomic E-state index is 6.66. The second-order valence-electron chi connectivity index (χ2n) is 8.48. The molecule has 0 aromatic heterocycles. The first-order chi connectivity index (χ1) is 11.2. The van der Waals surface area contributed by atoms with E-state index >= 15 is 0 Å². The molecule has 0 radical (unpaired) electrons. The molecule has 0 spiro atoms. The lowest BCUT2D eigenvalue weighted by Gasteiger charge is -2.41. The van der Waals surface area contributed by atoms with E-state index in [2.05, 4.69) is 87.8 Å². The van der Waals surface area contributed by atoms with Gasteiger partial charge in [0.25, 0.3) is 0 Å². The summed E-state index contributed by atoms with van der Waals surface area (Å²) in [4.78, 5) is 0. The molecule has 0 N–H and O–H groups in total. The Kier molecular flexibility index (Phi) is 4.59. The van der Waals surface area contributed by atoms with Crippen molar-refractivity contribution in [2.45, 2.75) is 51.5 Å². The van der Waals surface area contributed by atoms with E-state index in [1.807, 2.05) is 0 Å². The summed E-state index contributed by atoms with van der Waals surface area (Å²) in [7, 11) is -3.43. The fourth-order valence-corrected chi connectivity index (χ4v) is 5.34. The van der Waals surface area contributed by atoms with Gasteiger partial charge in [0.1, 0.15) is 12.2 Å². The van der Waals surface area contributed by atoms with E-state index in [0.29, 0.717) is 0 Å². The monoisotopic (exact) mass is 356 g/mol. The predicted octanol–water partition coefficient (Wildman–Crippen LogP) is 6.15. The second kappa shape index (κ2) is 6.26. The van der Waals surface area contributed by atoms with Crippen LogP contribution in [0.25, 0.3) is 11.1 Å². The molecule has 2 nitrogen and oxygen atoms in total. The van der Waals surface area contributed by atoms with Gasteiger partial charge in [0, 0.05) is 0 Å². The standard InChI is InChI=1S/C20H28O2Si2/c1-23(2,3)21-19-17-13-9-7-11-15(17)16-12-8-10-14-18(16)20(19)22-24(4,5)6/h7-14,19-20H,1-6H3/t19-,20-/m0/s1. The number of hydrogen-bond acceptors (Lipinski definition) is 2. The van der Waals surface area contributed by atoms with Crippen molar-refractivity contribution in [3.63, 3.8) is 0 Å². The van der Waals surface area contributed by atoms with Crippen molar-refractivity contribution in [2.24, 2.45) is 0 Å². The van der Waals surface area contributed by atoms with E-state index in [9.17, 15) is 0 Å². The van der Waals surface area contributed by atoms with Crippen molar-refractivity contribution in [1.29, 1.82) is 0 Å². The first-order valence-electron chi connectivity index (χ1n) is 8.70. The molecule has 2 atom stereocenters. The molecule has 0 saturated carbocycles. The van der Waals surface area contributed by atoms with Crippen LogP contribution in [0, 0.1) is 0 Å². The summed E-state index contributed by atoms with van der Waals surface area (Å²) in [5, 5.41) is 0. The van der Waals surface area contributed by atoms with Crippen LogP contribution in [0.15, 0.2) is 48.5 Å². The average molecular weight is 357 g/mol. The highest BCUT2D eigenvalue weighted by Gasteiger charge is 2.39. The molecule has 1 aliphatic rings. The van der Waals surface area contributed by atoms with Crippen molar-refractivity contribution in [1.82, 2.24) is 0 Å². The van der Waals surface area contributed by atoms with Gasteiger partial charge in [-0.15, -0.1) is 0 Å². The van der Waals surface area contributed by atoms with Crippen molar-refractivity contribution >= 4 is 16.6 Å². The third kappa shape index (κ3) is 3.72. The Labute approximate surface area is 148 Å². The molecule has 0 amide bonds. The first-order valence-corrected chi connectivity index (χ1v) is 15.5. The van der Waals surface area contributed by atoms with Crippen LogP contribution in [-0.4, -0.2) is 16.6 Å². The smallest absolute Gasteiger partial charge is 0.184 e. The van der Waals surface area contributed by atoms with Gasteiger partial charge in [-0.1, -0.05) is 48.5 Å². The zero-order chi connectivity index (χ0) is 17.5. The maximum Gasteiger partial charge on any atom is 0.184 e. The van der Waals surface area contributed by atoms with Crippen molar-refractivity contribution in [2.75, 3.05) is 0 Å². The highest BCUT2D eigenvalue weighted by atomic mass is 28.4. The van der Waals surface area contributed by atoms with Crippen LogP contribution in [0.1, 0.15) is 23.3 Å². The Morgan fingerprint density at radius 2 is 0.917 bits per heavy atom. The zero-order valence-electron chi connectivity index (χ0n) is 15.6. The Bertz CT molecular complexity index is 665. The normalized spacial score (nSPS) is 20.4. The summed E-state index contributed by atoms with van der Waals surface area (Å²) in [5.41, 5.74) is 5.10. The van der Waals surface area contributed by atoms with Gasteiger partial charge < -0.3 is 8.85 Å². The average Bonchev–Trinajstić information content (AvgIpc) is 2.48. The molecule has 2 aromatic rings. The van der Waals surface area contributed by atoms with Crippen molar-refractivity contribution < 1.29 is 8.85 Å². The molecule has 0 saturated heterocycles. The molecule has 0 aliphatic heterocycles. The SMILES string of the molecule is C[Si](C)(C)O[C@H]1c2ccccc2-c2ccccc2[C@@H]1O[Si](C)(C)C. The molecule has 2 aromatic carbocycles. The third-order valence-corrected chi connectivity index (χ3v) is 5.98. The van der Waals surface area contributed by atoms with E-state index in [-0.39, 0.29) is 12.2 Å². The molecule has 0 unspecified atom stereocenters. The summed E-state index contributed by atoms with van der Waals surface area (Å²) in [5.74, 6) is 0. The minimum Gasteiger partial charge on any atom is -0.408 e. The Morgan fingerprint density at radius 3 is 1.25 bits per heavy atom. The molecular weight excluding hydrogens is 328 g/mol. The summed E-state index contributed by atoms with van der Waals surface area (Å²) in [6.07, 6.45) is -0.0380. The Balaban J connectivity index is 2.17. The van der Waals surface area contributed by atoms with Gasteiger partial charge in [-0.05, 0) is 61.5 Å². The van der Waals surface area contributed by atoms with E-state index < -0.39 is 16.6 Å². The molecule has 24 heavy (non-hydrogen) atoms. The summed E-state index contributed by atoms with van der Waals surface area (Å²) in [6, 6.07) is 17.3. The molecule has 0 heterocycles. The maximum absolute atomic E-state index is 6.66. The first kappa shape index (κ1) is 17.6. The van der Waals surface area contributed by atoms with Gasteiger partial charge in [-0.2, -0.15) is 0 Å². The van der Waals surface area contributed by atoms with Gasteiger partial charge in [-0.3, -0.25) is 0 Å². The third-order valence-electron chi connectivity index (χ3n) is 4.06. The Hall–Kier alpha value is -1.21. The summed E-state index contributed by atoms with van der Waals surface area (Å²) in [6.45, 7) is 13.5. The van der Waals surface area contributed by atoms with E-state index in [4.69, 9.17) is 8.85 Å². The van der Waals surface area contributed by atoms with Crippen LogP contribution in [0.5, 0.6) is 0 Å². The molecule has 0 bridgehead atoms. The number of rotatable bonds is 4. The lowest BCUT2D eigenvalue weighted by Crippen LogP contribution is -2.37. The molecule has 1 aliphatic carbocycles. The molecular formula is C20H28O2Si2. The van der Waals surface area contributed by atoms with Crippen molar-refractivity contribution in [3.05, 3.63) is 59.7 Å². The van der Waals surface area contributed by atoms with Crippen LogP contribution < -0.4 is 0 Å². The van der Waals surface area contributed by atoms with E-state index in [0.717, 1.165) is 0 Å². The quantitative estimate of drug-likeness (QED) is 0.611. The molecule has 0 fully saturated rings. The van der Waals surface area contributed by atoms with Gasteiger partial charge in [0.15, 0.2) is 16.6 Å².